The maximum Gasteiger partial charge on any atom is 0.348 e. The van der Waals surface area contributed by atoms with Gasteiger partial charge >= 0.3 is 5.69 Å². The second-order valence-corrected chi connectivity index (χ2v) is 5.26. The van der Waals surface area contributed by atoms with Crippen molar-refractivity contribution in [2.75, 3.05) is 5.32 Å². The molecule has 1 aromatic rings. The Morgan fingerprint density at radius 1 is 1.50 bits per heavy atom. The third-order valence-corrected chi connectivity index (χ3v) is 2.84. The predicted octanol–water partition coefficient (Wildman–Crippen LogP) is 2.81. The minimum absolute atomic E-state index is 0.0891. The molecule has 0 saturated heterocycles. The molecule has 0 atom stereocenters. The van der Waals surface area contributed by atoms with Crippen LogP contribution in [0.1, 0.15) is 32.5 Å². The number of halogens is 1. The summed E-state index contributed by atoms with van der Waals surface area (Å²) < 4.78 is 0. The van der Waals surface area contributed by atoms with Crippen LogP contribution in [0.3, 0.4) is 0 Å². The van der Waals surface area contributed by atoms with Gasteiger partial charge in [0, 0.05) is 12.5 Å². The Labute approximate surface area is 110 Å². The Kier molecular flexibility index (Phi) is 3.65. The molecule has 1 saturated carbocycles. The van der Waals surface area contributed by atoms with Crippen LogP contribution in [-0.4, -0.2) is 20.9 Å². The minimum atomic E-state index is -0.536. The van der Waals surface area contributed by atoms with Crippen molar-refractivity contribution < 1.29 is 4.92 Å². The van der Waals surface area contributed by atoms with Crippen molar-refractivity contribution >= 4 is 23.1 Å². The molecule has 1 aliphatic carbocycles. The molecule has 7 heteroatoms. The molecule has 98 valence electrons. The third kappa shape index (κ3) is 3.07. The normalized spacial score (nSPS) is 14.9. The lowest BCUT2D eigenvalue weighted by molar-refractivity contribution is -0.384. The van der Waals surface area contributed by atoms with E-state index in [4.69, 9.17) is 11.6 Å². The van der Waals surface area contributed by atoms with Crippen molar-refractivity contribution in [3.05, 3.63) is 21.1 Å². The zero-order valence-corrected chi connectivity index (χ0v) is 11.1. The lowest BCUT2D eigenvalue weighted by Crippen LogP contribution is -2.11. The number of nitro groups is 1. The Bertz CT molecular complexity index is 474. The van der Waals surface area contributed by atoms with Crippen LogP contribution in [0.25, 0.3) is 0 Å². The quantitative estimate of drug-likeness (QED) is 0.505. The zero-order valence-electron chi connectivity index (χ0n) is 10.3. The molecule has 0 amide bonds. The SMILES string of the molecule is CC(C)Cc1nc(Cl)c([N+](=O)[O-])c(NC2CC2)n1. The standard InChI is InChI=1S/C11H15ClN4O2/c1-6(2)5-8-14-10(12)9(16(17)18)11(15-8)13-7-3-4-7/h6-7H,3-5H2,1-2H3,(H,13,14,15). The Balaban J connectivity index is 2.36. The highest BCUT2D eigenvalue weighted by Crippen LogP contribution is 2.33. The molecule has 1 N–H and O–H groups in total. The van der Waals surface area contributed by atoms with Crippen LogP contribution in [0.2, 0.25) is 5.15 Å². The van der Waals surface area contributed by atoms with Gasteiger partial charge in [0.2, 0.25) is 11.0 Å². The highest BCUT2D eigenvalue weighted by Gasteiger charge is 2.29. The highest BCUT2D eigenvalue weighted by molar-refractivity contribution is 6.31. The fourth-order valence-corrected chi connectivity index (χ4v) is 1.87. The van der Waals surface area contributed by atoms with Crippen molar-refractivity contribution in [1.29, 1.82) is 0 Å². The van der Waals surface area contributed by atoms with Gasteiger partial charge in [0.05, 0.1) is 4.92 Å². The fraction of sp³-hybridized carbons (Fsp3) is 0.636. The van der Waals surface area contributed by atoms with E-state index in [2.05, 4.69) is 15.3 Å². The number of nitrogens with zero attached hydrogens (tertiary/aromatic N) is 3. The molecule has 0 unspecified atom stereocenters. The van der Waals surface area contributed by atoms with E-state index in [1.807, 2.05) is 13.8 Å². The monoisotopic (exact) mass is 270 g/mol. The molecule has 6 nitrogen and oxygen atoms in total. The topological polar surface area (TPSA) is 81.0 Å². The van der Waals surface area contributed by atoms with Crippen LogP contribution in [-0.2, 0) is 6.42 Å². The van der Waals surface area contributed by atoms with Gasteiger partial charge in [-0.2, -0.15) is 0 Å². The summed E-state index contributed by atoms with van der Waals surface area (Å²) in [6.45, 7) is 4.07. The first-order valence-corrected chi connectivity index (χ1v) is 6.32. The molecule has 1 aromatic heterocycles. The summed E-state index contributed by atoms with van der Waals surface area (Å²) in [4.78, 5) is 18.7. The molecule has 1 aliphatic rings. The van der Waals surface area contributed by atoms with E-state index >= 15 is 0 Å². The molecule has 0 spiro atoms. The molecule has 2 rings (SSSR count). The summed E-state index contributed by atoms with van der Waals surface area (Å²) >= 11 is 5.88. The number of aromatic nitrogens is 2. The molecule has 0 radical (unpaired) electrons. The number of rotatable bonds is 5. The lowest BCUT2D eigenvalue weighted by atomic mass is 10.1. The van der Waals surface area contributed by atoms with Crippen molar-refractivity contribution in [3.8, 4) is 0 Å². The van der Waals surface area contributed by atoms with E-state index in [9.17, 15) is 10.1 Å². The first-order chi connectivity index (χ1) is 8.47. The average molecular weight is 271 g/mol. The molecule has 0 bridgehead atoms. The molecule has 1 fully saturated rings. The predicted molar refractivity (Wildman–Crippen MR) is 68.9 cm³/mol. The van der Waals surface area contributed by atoms with E-state index in [0.717, 1.165) is 12.8 Å². The molecule has 18 heavy (non-hydrogen) atoms. The third-order valence-electron chi connectivity index (χ3n) is 2.58. The molecule has 1 heterocycles. The smallest absolute Gasteiger partial charge is 0.348 e. The number of nitrogens with one attached hydrogen (secondary N) is 1. The van der Waals surface area contributed by atoms with Crippen LogP contribution in [0.5, 0.6) is 0 Å². The molecule has 0 aromatic carbocycles. The van der Waals surface area contributed by atoms with Crippen molar-refractivity contribution in [2.24, 2.45) is 5.92 Å². The summed E-state index contributed by atoms with van der Waals surface area (Å²) in [5.74, 6) is 1.16. The van der Waals surface area contributed by atoms with Gasteiger partial charge < -0.3 is 5.32 Å². The maximum absolute atomic E-state index is 11.0. The van der Waals surface area contributed by atoms with Gasteiger partial charge in [-0.1, -0.05) is 25.4 Å². The number of anilines is 1. The average Bonchev–Trinajstić information content (AvgIpc) is 2.98. The molecule has 0 aliphatic heterocycles. The molecular weight excluding hydrogens is 256 g/mol. The summed E-state index contributed by atoms with van der Waals surface area (Å²) in [6, 6.07) is 0.279. The van der Waals surface area contributed by atoms with Crippen molar-refractivity contribution in [1.82, 2.24) is 9.97 Å². The van der Waals surface area contributed by atoms with Crippen LogP contribution in [0.15, 0.2) is 0 Å². The number of hydrogen-bond donors (Lipinski definition) is 1. The van der Waals surface area contributed by atoms with E-state index in [0.29, 0.717) is 18.2 Å². The lowest BCUT2D eigenvalue weighted by Gasteiger charge is -2.09. The van der Waals surface area contributed by atoms with Gasteiger partial charge in [0.15, 0.2) is 0 Å². The van der Waals surface area contributed by atoms with E-state index in [1.165, 1.54) is 0 Å². The second-order valence-electron chi connectivity index (χ2n) is 4.90. The van der Waals surface area contributed by atoms with Gasteiger partial charge in [0.1, 0.15) is 5.82 Å². The van der Waals surface area contributed by atoms with Gasteiger partial charge in [0.25, 0.3) is 0 Å². The second kappa shape index (κ2) is 5.06. The molecular formula is C11H15ClN4O2. The number of hydrogen-bond acceptors (Lipinski definition) is 5. The first-order valence-electron chi connectivity index (χ1n) is 5.94. The summed E-state index contributed by atoms with van der Waals surface area (Å²) in [7, 11) is 0. The highest BCUT2D eigenvalue weighted by atomic mass is 35.5. The zero-order chi connectivity index (χ0) is 13.3. The maximum atomic E-state index is 11.0. The fourth-order valence-electron chi connectivity index (χ4n) is 1.61. The van der Waals surface area contributed by atoms with Gasteiger partial charge in [-0.15, -0.1) is 0 Å². The largest absolute Gasteiger partial charge is 0.361 e. The van der Waals surface area contributed by atoms with Crippen LogP contribution < -0.4 is 5.32 Å². The van der Waals surface area contributed by atoms with Gasteiger partial charge in [-0.05, 0) is 18.8 Å². The Morgan fingerprint density at radius 3 is 2.67 bits per heavy atom. The van der Waals surface area contributed by atoms with Gasteiger partial charge in [-0.3, -0.25) is 10.1 Å². The summed E-state index contributed by atoms with van der Waals surface area (Å²) in [5, 5.41) is 13.9. The minimum Gasteiger partial charge on any atom is -0.361 e. The Morgan fingerprint density at radius 2 is 2.17 bits per heavy atom. The van der Waals surface area contributed by atoms with Crippen LogP contribution in [0.4, 0.5) is 11.5 Å². The van der Waals surface area contributed by atoms with Crippen molar-refractivity contribution in [2.45, 2.75) is 39.2 Å². The Hall–Kier alpha value is -1.43. The van der Waals surface area contributed by atoms with E-state index < -0.39 is 4.92 Å². The van der Waals surface area contributed by atoms with Crippen LogP contribution >= 0.6 is 11.6 Å². The van der Waals surface area contributed by atoms with E-state index in [1.54, 1.807) is 0 Å². The van der Waals surface area contributed by atoms with Gasteiger partial charge in [-0.25, -0.2) is 9.97 Å². The van der Waals surface area contributed by atoms with E-state index in [-0.39, 0.29) is 22.7 Å². The summed E-state index contributed by atoms with van der Waals surface area (Å²) in [5.41, 5.74) is -0.226. The van der Waals surface area contributed by atoms with Crippen molar-refractivity contribution in [3.63, 3.8) is 0 Å². The van der Waals surface area contributed by atoms with Crippen LogP contribution in [0, 0.1) is 16.0 Å². The first kappa shape index (κ1) is 13.0. The summed E-state index contributed by atoms with van der Waals surface area (Å²) in [6.07, 6.45) is 2.67.